The first kappa shape index (κ1) is 23.1. The number of halogens is 1. The second-order valence-electron chi connectivity index (χ2n) is 6.09. The molecule has 0 aliphatic heterocycles. The Morgan fingerprint density at radius 2 is 1.84 bits per heavy atom. The third-order valence-electron chi connectivity index (χ3n) is 3.99. The fraction of sp³-hybridized carbons (Fsp3) is 0.118. The normalized spacial score (nSPS) is 11.4. The lowest BCUT2D eigenvalue weighted by Gasteiger charge is -2.18. The van der Waals surface area contributed by atoms with E-state index in [1.54, 1.807) is 43.1 Å². The van der Waals surface area contributed by atoms with Crippen molar-refractivity contribution < 1.29 is 27.6 Å². The van der Waals surface area contributed by atoms with Crippen LogP contribution in [0.15, 0.2) is 52.3 Å². The van der Waals surface area contributed by atoms with Crippen molar-refractivity contribution in [3.63, 3.8) is 0 Å². The van der Waals surface area contributed by atoms with Gasteiger partial charge in [-0.1, -0.05) is 5.04 Å². The van der Waals surface area contributed by atoms with E-state index >= 15 is 0 Å². The van der Waals surface area contributed by atoms with Gasteiger partial charge >= 0.3 is 0 Å². The van der Waals surface area contributed by atoms with Crippen LogP contribution in [0.25, 0.3) is 0 Å². The summed E-state index contributed by atoms with van der Waals surface area (Å²) in [5.74, 6) is 0.394. The van der Waals surface area contributed by atoms with E-state index in [9.17, 15) is 13.0 Å². The van der Waals surface area contributed by atoms with Crippen LogP contribution in [0.1, 0.15) is 5.56 Å². The minimum absolute atomic E-state index is 0.0497. The lowest BCUT2D eigenvalue weighted by Crippen LogP contribution is -2.15. The molecule has 0 saturated carbocycles. The molecule has 0 saturated heterocycles. The van der Waals surface area contributed by atoms with Crippen LogP contribution in [-0.2, 0) is 19.5 Å². The summed E-state index contributed by atoms with van der Waals surface area (Å²) in [4.78, 5) is 14.7. The number of aryl methyl sites for hydroxylation is 1. The molecular formula is C17H16ClN5O6S2. The van der Waals surface area contributed by atoms with Crippen molar-refractivity contribution >= 4 is 57.0 Å². The molecular weight excluding hydrogens is 470 g/mol. The summed E-state index contributed by atoms with van der Waals surface area (Å²) >= 11 is 6.88. The van der Waals surface area contributed by atoms with Gasteiger partial charge in [0, 0.05) is 23.3 Å². The molecule has 0 bridgehead atoms. The third-order valence-corrected chi connectivity index (χ3v) is 5.77. The SMILES string of the molecule is Cc1cc(Nc2nc(Cl)nc(N(C)c3ccc(SOOO)cc3)n2)ccc1S(=O)(=O)O. The molecule has 1 aromatic heterocycles. The van der Waals surface area contributed by atoms with E-state index in [-0.39, 0.29) is 22.1 Å². The maximum Gasteiger partial charge on any atom is 0.294 e. The van der Waals surface area contributed by atoms with Crippen LogP contribution in [0.5, 0.6) is 0 Å². The van der Waals surface area contributed by atoms with Gasteiger partial charge in [0.05, 0.1) is 16.9 Å². The summed E-state index contributed by atoms with van der Waals surface area (Å²) in [5.41, 5.74) is 1.57. The van der Waals surface area contributed by atoms with E-state index < -0.39 is 10.1 Å². The summed E-state index contributed by atoms with van der Waals surface area (Å²) in [7, 11) is -2.58. The van der Waals surface area contributed by atoms with Crippen molar-refractivity contribution in [3.05, 3.63) is 53.3 Å². The summed E-state index contributed by atoms with van der Waals surface area (Å²) in [6, 6.07) is 11.3. The Balaban J connectivity index is 1.82. The molecule has 1 heterocycles. The summed E-state index contributed by atoms with van der Waals surface area (Å²) in [6.45, 7) is 1.55. The van der Waals surface area contributed by atoms with Gasteiger partial charge in [0.25, 0.3) is 10.1 Å². The average molecular weight is 486 g/mol. The van der Waals surface area contributed by atoms with Gasteiger partial charge in [-0.25, -0.2) is 5.26 Å². The number of aromatic nitrogens is 3. The first-order chi connectivity index (χ1) is 14.7. The minimum Gasteiger partial charge on any atom is -0.324 e. The Labute approximate surface area is 186 Å². The van der Waals surface area contributed by atoms with E-state index in [1.165, 1.54) is 18.2 Å². The van der Waals surface area contributed by atoms with Crippen LogP contribution in [0, 0.1) is 6.92 Å². The first-order valence-electron chi connectivity index (χ1n) is 8.42. The quantitative estimate of drug-likeness (QED) is 0.183. The van der Waals surface area contributed by atoms with Gasteiger partial charge in [-0.05, 0) is 66.6 Å². The van der Waals surface area contributed by atoms with Crippen LogP contribution in [0.3, 0.4) is 0 Å². The van der Waals surface area contributed by atoms with E-state index in [1.807, 2.05) is 0 Å². The van der Waals surface area contributed by atoms with Crippen LogP contribution in [-0.4, -0.2) is 40.2 Å². The molecule has 0 radical (unpaired) electrons. The van der Waals surface area contributed by atoms with Crippen LogP contribution in [0.4, 0.5) is 23.3 Å². The molecule has 31 heavy (non-hydrogen) atoms. The van der Waals surface area contributed by atoms with Crippen molar-refractivity contribution in [3.8, 4) is 0 Å². The van der Waals surface area contributed by atoms with Crippen molar-refractivity contribution in [2.45, 2.75) is 16.7 Å². The zero-order valence-corrected chi connectivity index (χ0v) is 18.4. The molecule has 0 fully saturated rings. The Hall–Kier alpha value is -2.52. The summed E-state index contributed by atoms with van der Waals surface area (Å²) in [6.07, 6.45) is 0. The maximum atomic E-state index is 11.3. The Morgan fingerprint density at radius 1 is 1.13 bits per heavy atom. The van der Waals surface area contributed by atoms with E-state index in [0.29, 0.717) is 16.1 Å². The fourth-order valence-electron chi connectivity index (χ4n) is 2.59. The second kappa shape index (κ2) is 9.74. The number of hydrogen-bond acceptors (Lipinski definition) is 11. The van der Waals surface area contributed by atoms with Crippen LogP contribution in [0.2, 0.25) is 5.28 Å². The number of hydrogen-bond donors (Lipinski definition) is 3. The molecule has 0 spiro atoms. The first-order valence-corrected chi connectivity index (χ1v) is 11.0. The summed E-state index contributed by atoms with van der Waals surface area (Å²) < 4.78 is 36.3. The fourth-order valence-corrected chi connectivity index (χ4v) is 3.80. The highest BCUT2D eigenvalue weighted by Gasteiger charge is 2.15. The van der Waals surface area contributed by atoms with Gasteiger partial charge in [-0.3, -0.25) is 4.55 Å². The molecule has 0 aliphatic rings. The largest absolute Gasteiger partial charge is 0.324 e. The molecule has 14 heteroatoms. The van der Waals surface area contributed by atoms with Crippen molar-refractivity contribution in [1.29, 1.82) is 0 Å². The Morgan fingerprint density at radius 3 is 2.45 bits per heavy atom. The van der Waals surface area contributed by atoms with Crippen molar-refractivity contribution in [2.24, 2.45) is 0 Å². The molecule has 0 atom stereocenters. The number of anilines is 4. The molecule has 164 valence electrons. The predicted molar refractivity (Wildman–Crippen MR) is 114 cm³/mol. The predicted octanol–water partition coefficient (Wildman–Crippen LogP) is 4.02. The van der Waals surface area contributed by atoms with E-state index in [4.69, 9.17) is 16.9 Å². The highest BCUT2D eigenvalue weighted by Crippen LogP contribution is 2.27. The van der Waals surface area contributed by atoms with E-state index in [0.717, 1.165) is 17.7 Å². The molecule has 0 aliphatic carbocycles. The molecule has 2 aromatic carbocycles. The number of nitrogens with zero attached hydrogens (tertiary/aromatic N) is 4. The maximum absolute atomic E-state index is 11.3. The monoisotopic (exact) mass is 485 g/mol. The lowest BCUT2D eigenvalue weighted by molar-refractivity contribution is -0.432. The highest BCUT2D eigenvalue weighted by atomic mass is 35.5. The Kier molecular flexibility index (Phi) is 7.27. The molecule has 11 nitrogen and oxygen atoms in total. The number of benzene rings is 2. The number of rotatable bonds is 8. The zero-order chi connectivity index (χ0) is 22.6. The van der Waals surface area contributed by atoms with Crippen LogP contribution >= 0.6 is 23.6 Å². The Bertz CT molecular complexity index is 1180. The van der Waals surface area contributed by atoms with Crippen molar-refractivity contribution in [1.82, 2.24) is 15.0 Å². The van der Waals surface area contributed by atoms with Gasteiger partial charge < -0.3 is 10.2 Å². The smallest absolute Gasteiger partial charge is 0.294 e. The van der Waals surface area contributed by atoms with Gasteiger partial charge in [0.15, 0.2) is 0 Å². The van der Waals surface area contributed by atoms with Gasteiger partial charge in [-0.15, -0.1) is 4.33 Å². The average Bonchev–Trinajstić information content (AvgIpc) is 2.71. The lowest BCUT2D eigenvalue weighted by atomic mass is 10.2. The minimum atomic E-state index is -4.31. The molecule has 3 rings (SSSR count). The summed E-state index contributed by atoms with van der Waals surface area (Å²) in [5, 5.41) is 14.7. The molecule has 0 unspecified atom stereocenters. The molecule has 0 amide bonds. The van der Waals surface area contributed by atoms with Crippen LogP contribution < -0.4 is 10.2 Å². The standard InChI is InChI=1S/C17H16ClN5O6S2/c1-10-9-11(3-8-14(10)31(25,26)27)19-16-20-15(18)21-17(22-16)23(2)12-4-6-13(7-5-12)30-29-28-24/h3-9,24H,1-2H3,(H,25,26,27)(H,19,20,21,22). The molecule has 3 N–H and O–H groups in total. The van der Waals surface area contributed by atoms with Gasteiger partial charge in [0.2, 0.25) is 17.2 Å². The zero-order valence-electron chi connectivity index (χ0n) is 16.1. The molecule has 3 aromatic rings. The van der Waals surface area contributed by atoms with E-state index in [2.05, 4.69) is 29.6 Å². The number of nitrogens with one attached hydrogen (secondary N) is 1. The topological polar surface area (TPSA) is 147 Å². The van der Waals surface area contributed by atoms with Gasteiger partial charge in [-0.2, -0.15) is 23.4 Å². The third kappa shape index (κ3) is 6.01. The van der Waals surface area contributed by atoms with Crippen molar-refractivity contribution in [2.75, 3.05) is 17.3 Å². The second-order valence-corrected chi connectivity index (χ2v) is 8.59. The highest BCUT2D eigenvalue weighted by molar-refractivity contribution is 7.94. The van der Waals surface area contributed by atoms with Gasteiger partial charge in [0.1, 0.15) is 0 Å².